The molecular formula is C22H19ClF2N4. The van der Waals surface area contributed by atoms with E-state index in [0.717, 1.165) is 39.5 Å². The predicted molar refractivity (Wildman–Crippen MR) is 110 cm³/mol. The van der Waals surface area contributed by atoms with Crippen LogP contribution in [0.25, 0.3) is 22.5 Å². The van der Waals surface area contributed by atoms with E-state index in [2.05, 4.69) is 5.10 Å². The molecule has 2 aromatic carbocycles. The second-order valence-electron chi connectivity index (χ2n) is 6.96. The van der Waals surface area contributed by atoms with E-state index in [1.807, 2.05) is 25.5 Å². The van der Waals surface area contributed by atoms with Crippen LogP contribution in [0.2, 0.25) is 5.02 Å². The maximum Gasteiger partial charge on any atom is 0.134 e. The van der Waals surface area contributed by atoms with E-state index in [-0.39, 0.29) is 11.6 Å². The second kappa shape index (κ2) is 7.44. The maximum atomic E-state index is 13.5. The first-order valence-corrected chi connectivity index (χ1v) is 9.51. The summed E-state index contributed by atoms with van der Waals surface area (Å²) in [5.74, 6) is -0.608. The molecule has 148 valence electrons. The fourth-order valence-corrected chi connectivity index (χ4v) is 3.58. The molecule has 0 saturated carbocycles. The SMILES string of the molecule is Cc1nn(Cn2nc(-c3ccc(F)cc3)c(C)c2-c2ccc(F)cc2)c(C)c1Cl. The van der Waals surface area contributed by atoms with Crippen molar-refractivity contribution in [1.82, 2.24) is 19.6 Å². The lowest BCUT2D eigenvalue weighted by Crippen LogP contribution is -2.13. The molecule has 7 heteroatoms. The van der Waals surface area contributed by atoms with Crippen LogP contribution in [0, 0.1) is 32.4 Å². The molecular weight excluding hydrogens is 394 g/mol. The summed E-state index contributed by atoms with van der Waals surface area (Å²) in [5.41, 5.74) is 5.71. The average molecular weight is 413 g/mol. The van der Waals surface area contributed by atoms with Gasteiger partial charge in [-0.2, -0.15) is 10.2 Å². The van der Waals surface area contributed by atoms with E-state index in [4.69, 9.17) is 16.7 Å². The van der Waals surface area contributed by atoms with Crippen molar-refractivity contribution in [3.8, 4) is 22.5 Å². The summed E-state index contributed by atoms with van der Waals surface area (Å²) in [6.07, 6.45) is 0. The minimum atomic E-state index is -0.304. The summed E-state index contributed by atoms with van der Waals surface area (Å²) in [5, 5.41) is 9.89. The molecule has 29 heavy (non-hydrogen) atoms. The molecule has 0 saturated heterocycles. The number of rotatable bonds is 4. The fraction of sp³-hybridized carbons (Fsp3) is 0.182. The molecule has 0 spiro atoms. The first-order valence-electron chi connectivity index (χ1n) is 9.14. The Balaban J connectivity index is 1.87. The predicted octanol–water partition coefficient (Wildman–Crippen LogP) is 5.78. The first kappa shape index (κ1) is 19.3. The van der Waals surface area contributed by atoms with Crippen LogP contribution in [0.3, 0.4) is 0 Å². The standard InChI is InChI=1S/C22H19ClF2N4/c1-13-21(16-4-8-18(24)9-5-16)27-29(12-28-15(3)20(23)14(2)26-28)22(13)17-6-10-19(25)11-7-17/h4-11H,12H2,1-3H3. The zero-order valence-corrected chi connectivity index (χ0v) is 17.0. The fourth-order valence-electron chi connectivity index (χ4n) is 3.45. The van der Waals surface area contributed by atoms with Crippen LogP contribution in [0.15, 0.2) is 48.5 Å². The molecule has 0 aliphatic heterocycles. The third-order valence-corrected chi connectivity index (χ3v) is 5.53. The van der Waals surface area contributed by atoms with Gasteiger partial charge in [-0.25, -0.2) is 18.1 Å². The summed E-state index contributed by atoms with van der Waals surface area (Å²) >= 11 is 6.30. The number of aryl methyl sites for hydroxylation is 1. The number of hydrogen-bond donors (Lipinski definition) is 0. The third kappa shape index (κ3) is 3.56. The zero-order chi connectivity index (χ0) is 20.7. The first-order chi connectivity index (χ1) is 13.8. The van der Waals surface area contributed by atoms with E-state index >= 15 is 0 Å². The highest BCUT2D eigenvalue weighted by Crippen LogP contribution is 2.32. The van der Waals surface area contributed by atoms with Gasteiger partial charge in [-0.05, 0) is 69.3 Å². The summed E-state index contributed by atoms with van der Waals surface area (Å²) in [6.45, 7) is 6.05. The molecule has 2 aromatic heterocycles. The van der Waals surface area contributed by atoms with Crippen molar-refractivity contribution in [2.75, 3.05) is 0 Å². The Bertz CT molecular complexity index is 1180. The van der Waals surface area contributed by atoms with Crippen LogP contribution in [0.5, 0.6) is 0 Å². The van der Waals surface area contributed by atoms with Crippen LogP contribution < -0.4 is 0 Å². The Labute approximate surface area is 172 Å². The van der Waals surface area contributed by atoms with Crippen molar-refractivity contribution >= 4 is 11.6 Å². The van der Waals surface area contributed by atoms with Gasteiger partial charge in [-0.1, -0.05) is 11.6 Å². The van der Waals surface area contributed by atoms with Gasteiger partial charge in [0.15, 0.2) is 0 Å². The lowest BCUT2D eigenvalue weighted by molar-refractivity contribution is 0.496. The summed E-state index contributed by atoms with van der Waals surface area (Å²) in [7, 11) is 0. The zero-order valence-electron chi connectivity index (χ0n) is 16.2. The van der Waals surface area contributed by atoms with Crippen LogP contribution in [-0.2, 0) is 6.67 Å². The van der Waals surface area contributed by atoms with Crippen molar-refractivity contribution in [3.63, 3.8) is 0 Å². The lowest BCUT2D eigenvalue weighted by Gasteiger charge is -2.10. The van der Waals surface area contributed by atoms with Crippen LogP contribution in [-0.4, -0.2) is 19.6 Å². The third-order valence-electron chi connectivity index (χ3n) is 4.99. The van der Waals surface area contributed by atoms with Crippen molar-refractivity contribution in [3.05, 3.63) is 82.1 Å². The van der Waals surface area contributed by atoms with Crippen molar-refractivity contribution < 1.29 is 8.78 Å². The number of benzene rings is 2. The molecule has 0 radical (unpaired) electrons. The molecule has 4 aromatic rings. The molecule has 0 unspecified atom stereocenters. The van der Waals surface area contributed by atoms with Gasteiger partial charge in [-0.3, -0.25) is 0 Å². The van der Waals surface area contributed by atoms with Gasteiger partial charge in [0.05, 0.1) is 27.8 Å². The molecule has 0 N–H and O–H groups in total. The Morgan fingerprint density at radius 1 is 0.793 bits per heavy atom. The second-order valence-corrected chi connectivity index (χ2v) is 7.34. The van der Waals surface area contributed by atoms with Gasteiger partial charge >= 0.3 is 0 Å². The van der Waals surface area contributed by atoms with Crippen molar-refractivity contribution in [2.45, 2.75) is 27.4 Å². The molecule has 0 bridgehead atoms. The van der Waals surface area contributed by atoms with Gasteiger partial charge in [0.1, 0.15) is 18.3 Å². The highest BCUT2D eigenvalue weighted by atomic mass is 35.5. The van der Waals surface area contributed by atoms with Crippen molar-refractivity contribution in [2.24, 2.45) is 0 Å². The van der Waals surface area contributed by atoms with E-state index in [1.54, 1.807) is 28.9 Å². The lowest BCUT2D eigenvalue weighted by atomic mass is 10.0. The number of aromatic nitrogens is 4. The van der Waals surface area contributed by atoms with Gasteiger partial charge in [0.2, 0.25) is 0 Å². The molecule has 0 atom stereocenters. The Hall–Kier alpha value is -2.99. The van der Waals surface area contributed by atoms with Gasteiger partial charge < -0.3 is 0 Å². The molecule has 0 aliphatic rings. The van der Waals surface area contributed by atoms with Gasteiger partial charge in [-0.15, -0.1) is 0 Å². The monoisotopic (exact) mass is 412 g/mol. The van der Waals surface area contributed by atoms with Crippen LogP contribution in [0.1, 0.15) is 17.0 Å². The van der Waals surface area contributed by atoms with Gasteiger partial charge in [0, 0.05) is 16.7 Å². The normalized spacial score (nSPS) is 11.2. The van der Waals surface area contributed by atoms with Crippen LogP contribution >= 0.6 is 11.6 Å². The van der Waals surface area contributed by atoms with Crippen molar-refractivity contribution in [1.29, 1.82) is 0 Å². The molecule has 2 heterocycles. The number of nitrogens with zero attached hydrogens (tertiary/aromatic N) is 4. The van der Waals surface area contributed by atoms with E-state index in [1.165, 1.54) is 24.3 Å². The quantitative estimate of drug-likeness (QED) is 0.426. The highest BCUT2D eigenvalue weighted by Gasteiger charge is 2.19. The summed E-state index contributed by atoms with van der Waals surface area (Å²) in [4.78, 5) is 0. The molecule has 0 fully saturated rings. The Kier molecular flexibility index (Phi) is 4.96. The average Bonchev–Trinajstić information content (AvgIpc) is 3.15. The molecule has 4 rings (SSSR count). The molecule has 0 amide bonds. The minimum Gasteiger partial charge on any atom is -0.246 e. The topological polar surface area (TPSA) is 35.6 Å². The van der Waals surface area contributed by atoms with Crippen LogP contribution in [0.4, 0.5) is 8.78 Å². The van der Waals surface area contributed by atoms with E-state index in [9.17, 15) is 8.78 Å². The summed E-state index contributed by atoms with van der Waals surface area (Å²) < 4.78 is 30.4. The van der Waals surface area contributed by atoms with E-state index in [0.29, 0.717) is 11.7 Å². The Morgan fingerprint density at radius 2 is 1.34 bits per heavy atom. The minimum absolute atomic E-state index is 0.304. The Morgan fingerprint density at radius 3 is 1.86 bits per heavy atom. The summed E-state index contributed by atoms with van der Waals surface area (Å²) in [6, 6.07) is 12.5. The molecule has 0 aliphatic carbocycles. The van der Waals surface area contributed by atoms with E-state index < -0.39 is 0 Å². The maximum absolute atomic E-state index is 13.5. The largest absolute Gasteiger partial charge is 0.246 e. The van der Waals surface area contributed by atoms with Gasteiger partial charge in [0.25, 0.3) is 0 Å². The molecule has 4 nitrogen and oxygen atoms in total. The smallest absolute Gasteiger partial charge is 0.134 e. The number of halogens is 3. The number of hydrogen-bond acceptors (Lipinski definition) is 2. The highest BCUT2D eigenvalue weighted by molar-refractivity contribution is 6.31.